The fourth-order valence-electron chi connectivity index (χ4n) is 4.68. The molecule has 0 bridgehead atoms. The Bertz CT molecular complexity index is 1590. The first-order chi connectivity index (χ1) is 17.7. The molecule has 1 aromatic heterocycles. The second kappa shape index (κ2) is 9.61. The van der Waals surface area contributed by atoms with Crippen molar-refractivity contribution in [1.29, 1.82) is 0 Å². The molecule has 1 aliphatic heterocycles. The van der Waals surface area contributed by atoms with E-state index in [1.165, 1.54) is 58.2 Å². The Morgan fingerprint density at radius 2 is 1.49 bits per heavy atom. The van der Waals surface area contributed by atoms with Crippen LogP contribution >= 0.6 is 23.2 Å². The number of rotatable bonds is 5. The maximum absolute atomic E-state index is 13.8. The van der Waals surface area contributed by atoms with Crippen molar-refractivity contribution in [3.8, 4) is 5.69 Å². The summed E-state index contributed by atoms with van der Waals surface area (Å²) in [5, 5.41) is 9.38. The van der Waals surface area contributed by atoms with Crippen LogP contribution in [0.15, 0.2) is 76.6 Å². The molecule has 6 nitrogen and oxygen atoms in total. The van der Waals surface area contributed by atoms with Crippen LogP contribution in [-0.2, 0) is 4.79 Å². The molecule has 10 heteroatoms. The summed E-state index contributed by atoms with van der Waals surface area (Å²) in [5.74, 6) is -2.98. The Morgan fingerprint density at radius 1 is 0.892 bits per heavy atom. The Balaban J connectivity index is 1.68. The number of H-pyrrole nitrogens is 1. The van der Waals surface area contributed by atoms with E-state index in [0.717, 1.165) is 0 Å². The molecular formula is C27H20Cl2F2N4O2. The molecule has 2 heterocycles. The van der Waals surface area contributed by atoms with Crippen molar-refractivity contribution in [2.24, 2.45) is 11.0 Å². The first kappa shape index (κ1) is 24.9. The topological polar surface area (TPSA) is 70.5 Å². The number of amides is 1. The number of aryl methyl sites for hydroxylation is 1. The zero-order chi connectivity index (χ0) is 26.4. The number of halogens is 4. The maximum atomic E-state index is 13.8. The predicted octanol–water partition coefficient (Wildman–Crippen LogP) is 6.23. The summed E-state index contributed by atoms with van der Waals surface area (Å²) < 4.78 is 28.3. The molecule has 1 aliphatic rings. The van der Waals surface area contributed by atoms with E-state index in [1.54, 1.807) is 32.0 Å². The molecule has 0 aliphatic carbocycles. The van der Waals surface area contributed by atoms with Crippen molar-refractivity contribution >= 4 is 40.5 Å². The summed E-state index contributed by atoms with van der Waals surface area (Å²) in [6, 6.07) is 15.7. The van der Waals surface area contributed by atoms with E-state index in [9.17, 15) is 18.4 Å². The highest BCUT2D eigenvalue weighted by Gasteiger charge is 2.44. The summed E-state index contributed by atoms with van der Waals surface area (Å²) in [6.45, 7) is 3.42. The number of benzene rings is 3. The van der Waals surface area contributed by atoms with Gasteiger partial charge in [-0.3, -0.25) is 14.7 Å². The molecule has 1 amide bonds. The van der Waals surface area contributed by atoms with E-state index in [2.05, 4.69) is 10.2 Å². The molecule has 1 N–H and O–H groups in total. The molecule has 0 spiro atoms. The smallest absolute Gasteiger partial charge is 0.275 e. The molecule has 5 rings (SSSR count). The number of nitrogens with zero attached hydrogens (tertiary/aromatic N) is 3. The fraction of sp³-hybridized carbons (Fsp3) is 0.148. The van der Waals surface area contributed by atoms with Gasteiger partial charge in [0.1, 0.15) is 11.6 Å². The van der Waals surface area contributed by atoms with Crippen LogP contribution < -0.4 is 10.6 Å². The Morgan fingerprint density at radius 3 is 2.08 bits per heavy atom. The first-order valence-electron chi connectivity index (χ1n) is 11.3. The zero-order valence-corrected chi connectivity index (χ0v) is 21.2. The van der Waals surface area contributed by atoms with E-state index in [4.69, 9.17) is 23.2 Å². The number of anilines is 1. The van der Waals surface area contributed by atoms with Gasteiger partial charge in [0.15, 0.2) is 0 Å². The van der Waals surface area contributed by atoms with Crippen LogP contribution in [0.4, 0.5) is 14.5 Å². The van der Waals surface area contributed by atoms with Crippen LogP contribution in [-0.4, -0.2) is 21.4 Å². The van der Waals surface area contributed by atoms with Crippen LogP contribution in [0.5, 0.6) is 0 Å². The fourth-order valence-corrected chi connectivity index (χ4v) is 5.21. The van der Waals surface area contributed by atoms with Crippen molar-refractivity contribution in [3.63, 3.8) is 0 Å². The van der Waals surface area contributed by atoms with Gasteiger partial charge in [-0.2, -0.15) is 5.10 Å². The van der Waals surface area contributed by atoms with Crippen molar-refractivity contribution in [1.82, 2.24) is 9.78 Å². The van der Waals surface area contributed by atoms with Crippen LogP contribution in [0, 0.1) is 24.5 Å². The number of carbonyl (C=O) groups is 1. The van der Waals surface area contributed by atoms with Crippen molar-refractivity contribution in [2.75, 3.05) is 5.01 Å². The van der Waals surface area contributed by atoms with Crippen LogP contribution in [0.3, 0.4) is 0 Å². The molecule has 2 atom stereocenters. The average molecular weight is 541 g/mol. The number of hydrogen-bond donors (Lipinski definition) is 1. The second-order valence-electron chi connectivity index (χ2n) is 8.76. The van der Waals surface area contributed by atoms with Crippen molar-refractivity contribution in [3.05, 3.63) is 116 Å². The number of hydrogen-bond acceptors (Lipinski definition) is 3. The largest absolute Gasteiger partial charge is 0.295 e. The summed E-state index contributed by atoms with van der Waals surface area (Å²) in [5.41, 5.74) is 2.19. The monoisotopic (exact) mass is 540 g/mol. The molecule has 3 aromatic carbocycles. The predicted molar refractivity (Wildman–Crippen MR) is 140 cm³/mol. The number of aromatic nitrogens is 2. The van der Waals surface area contributed by atoms with Gasteiger partial charge in [-0.15, -0.1) is 0 Å². The van der Waals surface area contributed by atoms with Crippen LogP contribution in [0.1, 0.15) is 29.7 Å². The Labute approximate surface area is 220 Å². The number of hydrazone groups is 1. The number of nitrogens with one attached hydrogen (secondary N) is 1. The van der Waals surface area contributed by atoms with Gasteiger partial charge in [-0.1, -0.05) is 29.3 Å². The number of carbonyl (C=O) groups excluding carboxylic acids is 1. The molecule has 2 unspecified atom stereocenters. The third-order valence-electron chi connectivity index (χ3n) is 6.40. The number of aromatic amines is 1. The lowest BCUT2D eigenvalue weighted by Gasteiger charge is -2.24. The zero-order valence-electron chi connectivity index (χ0n) is 19.7. The molecular weight excluding hydrogens is 521 g/mol. The van der Waals surface area contributed by atoms with E-state index < -0.39 is 34.9 Å². The summed E-state index contributed by atoms with van der Waals surface area (Å²) in [7, 11) is 0. The summed E-state index contributed by atoms with van der Waals surface area (Å²) in [4.78, 5) is 27.6. The average Bonchev–Trinajstić information content (AvgIpc) is 3.32. The highest BCUT2D eigenvalue weighted by Crippen LogP contribution is 2.41. The van der Waals surface area contributed by atoms with E-state index in [0.29, 0.717) is 38.9 Å². The van der Waals surface area contributed by atoms with Crippen LogP contribution in [0.25, 0.3) is 5.69 Å². The van der Waals surface area contributed by atoms with Gasteiger partial charge in [-0.25, -0.2) is 18.5 Å². The highest BCUT2D eigenvalue weighted by atomic mass is 35.5. The van der Waals surface area contributed by atoms with Gasteiger partial charge in [0.25, 0.3) is 11.5 Å². The van der Waals surface area contributed by atoms with Crippen LogP contribution in [0.2, 0.25) is 10.0 Å². The van der Waals surface area contributed by atoms with Gasteiger partial charge < -0.3 is 0 Å². The molecule has 37 heavy (non-hydrogen) atoms. The van der Waals surface area contributed by atoms with Gasteiger partial charge in [-0.05, 0) is 80.1 Å². The Kier molecular flexibility index (Phi) is 6.47. The summed E-state index contributed by atoms with van der Waals surface area (Å²) >= 11 is 12.8. The normalized spacial score (nSPS) is 16.3. The summed E-state index contributed by atoms with van der Waals surface area (Å²) in [6.07, 6.45) is 0. The van der Waals surface area contributed by atoms with Crippen molar-refractivity contribution in [2.45, 2.75) is 19.8 Å². The lowest BCUT2D eigenvalue weighted by molar-refractivity contribution is -0.120. The molecule has 0 radical (unpaired) electrons. The molecule has 0 fully saturated rings. The van der Waals surface area contributed by atoms with Gasteiger partial charge in [0.05, 0.1) is 17.3 Å². The Hall–Kier alpha value is -3.75. The lowest BCUT2D eigenvalue weighted by atomic mass is 9.78. The van der Waals surface area contributed by atoms with Gasteiger partial charge in [0.2, 0.25) is 0 Å². The molecule has 188 valence electrons. The maximum Gasteiger partial charge on any atom is 0.275 e. The second-order valence-corrected chi connectivity index (χ2v) is 9.60. The minimum absolute atomic E-state index is 0.284. The molecule has 0 saturated carbocycles. The van der Waals surface area contributed by atoms with Crippen molar-refractivity contribution < 1.29 is 13.6 Å². The first-order valence-corrected chi connectivity index (χ1v) is 12.1. The lowest BCUT2D eigenvalue weighted by Crippen LogP contribution is -2.34. The van der Waals surface area contributed by atoms with E-state index in [-0.39, 0.29) is 5.02 Å². The molecule has 0 saturated heterocycles. The third kappa shape index (κ3) is 4.47. The van der Waals surface area contributed by atoms with Gasteiger partial charge in [0, 0.05) is 32.9 Å². The van der Waals surface area contributed by atoms with E-state index in [1.807, 2.05) is 0 Å². The highest BCUT2D eigenvalue weighted by molar-refractivity contribution is 6.35. The third-order valence-corrected chi connectivity index (χ3v) is 6.96. The van der Waals surface area contributed by atoms with Gasteiger partial charge >= 0.3 is 0 Å². The molecule has 4 aromatic rings. The van der Waals surface area contributed by atoms with E-state index >= 15 is 0 Å². The standard InChI is InChI=1S/C27H20Cl2F2N4O2/c1-14-23(26(36)34(32-14)19-8-4-17(30)5-9-19)25(21-12-3-16(28)13-22(21)29)24-15(2)33-35(27(24)37)20-10-6-18(31)7-11-20/h3-13,23,25,33H,1-2H3. The quantitative estimate of drug-likeness (QED) is 0.326. The minimum atomic E-state index is -0.882. The SMILES string of the molecule is CC1=NN(c2ccc(F)cc2)C(=O)C1C(c1ccc(Cl)cc1Cl)c1c(C)[nH]n(-c2ccc(F)cc2)c1=O. The minimum Gasteiger partial charge on any atom is -0.295 e.